The Morgan fingerprint density at radius 3 is 3.00 bits per heavy atom. The van der Waals surface area contributed by atoms with Gasteiger partial charge in [-0.3, -0.25) is 0 Å². The van der Waals surface area contributed by atoms with Gasteiger partial charge in [-0.15, -0.1) is 0 Å². The van der Waals surface area contributed by atoms with Crippen LogP contribution in [0.3, 0.4) is 0 Å². The summed E-state index contributed by atoms with van der Waals surface area (Å²) in [6.45, 7) is 2.22. The van der Waals surface area contributed by atoms with Crippen molar-refractivity contribution < 1.29 is 0 Å². The van der Waals surface area contributed by atoms with Gasteiger partial charge in [0.25, 0.3) is 0 Å². The number of nitrogens with zero attached hydrogens (tertiary/aromatic N) is 1. The second kappa shape index (κ2) is 4.69. The van der Waals surface area contributed by atoms with Gasteiger partial charge in [-0.05, 0) is 32.9 Å². The van der Waals surface area contributed by atoms with Crippen LogP contribution < -0.4 is 10.6 Å². The standard InChI is InChI=1S/C8H17N2/c1-9-7-5-8-4-2-3-6-10-8/h8-9H,2-7H2,1H3. The van der Waals surface area contributed by atoms with Crippen LogP contribution in [0.15, 0.2) is 0 Å². The molecule has 1 saturated heterocycles. The van der Waals surface area contributed by atoms with E-state index in [1.807, 2.05) is 7.05 Å². The van der Waals surface area contributed by atoms with Gasteiger partial charge in [0.2, 0.25) is 0 Å². The van der Waals surface area contributed by atoms with Crippen molar-refractivity contribution in [2.75, 3.05) is 20.1 Å². The van der Waals surface area contributed by atoms with Crippen molar-refractivity contribution in [1.82, 2.24) is 10.6 Å². The summed E-state index contributed by atoms with van der Waals surface area (Å²) in [4.78, 5) is 0. The highest BCUT2D eigenvalue weighted by molar-refractivity contribution is 4.71. The van der Waals surface area contributed by atoms with Crippen LogP contribution in [0.1, 0.15) is 25.7 Å². The molecular formula is C8H17N2. The van der Waals surface area contributed by atoms with Crippen molar-refractivity contribution in [2.45, 2.75) is 31.7 Å². The van der Waals surface area contributed by atoms with Crippen LogP contribution in [0.2, 0.25) is 0 Å². The van der Waals surface area contributed by atoms with E-state index in [1.165, 1.54) is 25.7 Å². The van der Waals surface area contributed by atoms with Crippen LogP contribution in [-0.2, 0) is 0 Å². The SMILES string of the molecule is CNCCC1CCCC[N]1. The fraction of sp³-hybridized carbons (Fsp3) is 1.00. The topological polar surface area (TPSA) is 26.1 Å². The van der Waals surface area contributed by atoms with E-state index >= 15 is 0 Å². The smallest absolute Gasteiger partial charge is 0.0258 e. The number of rotatable bonds is 3. The first-order valence-electron chi connectivity index (χ1n) is 4.24. The van der Waals surface area contributed by atoms with Gasteiger partial charge < -0.3 is 5.32 Å². The average molecular weight is 141 g/mol. The highest BCUT2D eigenvalue weighted by Gasteiger charge is 2.11. The molecule has 1 aliphatic rings. The lowest BCUT2D eigenvalue weighted by molar-refractivity contribution is 0.372. The molecule has 1 N–H and O–H groups in total. The first-order valence-corrected chi connectivity index (χ1v) is 4.24. The van der Waals surface area contributed by atoms with Crippen LogP contribution >= 0.6 is 0 Å². The van der Waals surface area contributed by atoms with E-state index < -0.39 is 0 Å². The maximum Gasteiger partial charge on any atom is 0.0258 e. The van der Waals surface area contributed by atoms with Crippen LogP contribution in [0, 0.1) is 0 Å². The third kappa shape index (κ3) is 2.67. The van der Waals surface area contributed by atoms with Crippen LogP contribution in [0.5, 0.6) is 0 Å². The van der Waals surface area contributed by atoms with E-state index in [4.69, 9.17) is 0 Å². The molecule has 1 heterocycles. The molecule has 1 unspecified atom stereocenters. The van der Waals surface area contributed by atoms with E-state index in [0.717, 1.165) is 13.1 Å². The molecule has 1 atom stereocenters. The van der Waals surface area contributed by atoms with E-state index in [1.54, 1.807) is 0 Å². The fourth-order valence-electron chi connectivity index (χ4n) is 1.40. The third-order valence-corrected chi connectivity index (χ3v) is 2.06. The quantitative estimate of drug-likeness (QED) is 0.617. The molecule has 0 amide bonds. The normalized spacial score (nSPS) is 26.7. The summed E-state index contributed by atoms with van der Waals surface area (Å²) >= 11 is 0. The van der Waals surface area contributed by atoms with Crippen molar-refractivity contribution in [2.24, 2.45) is 0 Å². The van der Waals surface area contributed by atoms with Crippen molar-refractivity contribution in [3.63, 3.8) is 0 Å². The molecule has 0 aliphatic carbocycles. The predicted molar refractivity (Wildman–Crippen MR) is 43.2 cm³/mol. The Kier molecular flexibility index (Phi) is 3.76. The van der Waals surface area contributed by atoms with Gasteiger partial charge in [0.1, 0.15) is 0 Å². The Morgan fingerprint density at radius 2 is 2.40 bits per heavy atom. The van der Waals surface area contributed by atoms with Crippen molar-refractivity contribution in [3.05, 3.63) is 0 Å². The van der Waals surface area contributed by atoms with Gasteiger partial charge in [-0.25, -0.2) is 5.32 Å². The molecule has 0 aromatic carbocycles. The van der Waals surface area contributed by atoms with Gasteiger partial charge in [0, 0.05) is 12.6 Å². The predicted octanol–water partition coefficient (Wildman–Crippen LogP) is 0.753. The van der Waals surface area contributed by atoms with Crippen molar-refractivity contribution >= 4 is 0 Å². The van der Waals surface area contributed by atoms with Gasteiger partial charge in [0.15, 0.2) is 0 Å². The van der Waals surface area contributed by atoms with Gasteiger partial charge in [-0.1, -0.05) is 6.42 Å². The second-order valence-corrected chi connectivity index (χ2v) is 2.95. The number of hydrogen-bond acceptors (Lipinski definition) is 1. The monoisotopic (exact) mass is 141 g/mol. The summed E-state index contributed by atoms with van der Waals surface area (Å²) in [7, 11) is 2.00. The van der Waals surface area contributed by atoms with Crippen molar-refractivity contribution in [1.29, 1.82) is 0 Å². The zero-order chi connectivity index (χ0) is 7.23. The minimum Gasteiger partial charge on any atom is -0.320 e. The van der Waals surface area contributed by atoms with Gasteiger partial charge >= 0.3 is 0 Å². The zero-order valence-corrected chi connectivity index (χ0v) is 6.77. The molecule has 2 nitrogen and oxygen atoms in total. The molecule has 0 aromatic heterocycles. The third-order valence-electron chi connectivity index (χ3n) is 2.06. The summed E-state index contributed by atoms with van der Waals surface area (Å²) in [6.07, 6.45) is 5.26. The molecule has 0 aromatic rings. The largest absolute Gasteiger partial charge is 0.320 e. The minimum absolute atomic E-state index is 0.668. The first-order chi connectivity index (χ1) is 4.93. The molecule has 0 saturated carbocycles. The Balaban J connectivity index is 2.02. The lowest BCUT2D eigenvalue weighted by Gasteiger charge is -2.20. The second-order valence-electron chi connectivity index (χ2n) is 2.95. The lowest BCUT2D eigenvalue weighted by atomic mass is 10.0. The van der Waals surface area contributed by atoms with E-state index in [2.05, 4.69) is 10.6 Å². The van der Waals surface area contributed by atoms with Crippen LogP contribution in [0.25, 0.3) is 0 Å². The fourth-order valence-corrected chi connectivity index (χ4v) is 1.40. The van der Waals surface area contributed by atoms with Gasteiger partial charge in [-0.2, -0.15) is 0 Å². The highest BCUT2D eigenvalue weighted by Crippen LogP contribution is 2.10. The molecule has 10 heavy (non-hydrogen) atoms. The summed E-state index contributed by atoms with van der Waals surface area (Å²) in [5.41, 5.74) is 0. The molecule has 1 aliphatic heterocycles. The molecule has 59 valence electrons. The summed E-state index contributed by atoms with van der Waals surface area (Å²) in [5.74, 6) is 0. The number of piperidine rings is 1. The molecule has 1 radical (unpaired) electrons. The summed E-state index contributed by atoms with van der Waals surface area (Å²) in [5, 5.41) is 7.68. The number of nitrogens with one attached hydrogen (secondary N) is 1. The van der Waals surface area contributed by atoms with E-state index in [-0.39, 0.29) is 0 Å². The number of hydrogen-bond donors (Lipinski definition) is 1. The molecule has 0 bridgehead atoms. The lowest BCUT2D eigenvalue weighted by Crippen LogP contribution is -2.30. The maximum absolute atomic E-state index is 4.53. The summed E-state index contributed by atoms with van der Waals surface area (Å²) < 4.78 is 0. The maximum atomic E-state index is 4.53. The van der Waals surface area contributed by atoms with E-state index in [0.29, 0.717) is 6.04 Å². The first kappa shape index (κ1) is 8.02. The average Bonchev–Trinajstić information content (AvgIpc) is 2.03. The Bertz CT molecular complexity index is 77.3. The van der Waals surface area contributed by atoms with Crippen LogP contribution in [-0.4, -0.2) is 26.2 Å². The van der Waals surface area contributed by atoms with Gasteiger partial charge in [0.05, 0.1) is 0 Å². The minimum atomic E-state index is 0.668. The Labute approximate surface area is 63.4 Å². The van der Waals surface area contributed by atoms with Crippen LogP contribution in [0.4, 0.5) is 0 Å². The zero-order valence-electron chi connectivity index (χ0n) is 6.77. The molecular weight excluding hydrogens is 124 g/mol. The van der Waals surface area contributed by atoms with E-state index in [9.17, 15) is 0 Å². The Hall–Kier alpha value is -0.0800. The molecule has 2 heteroatoms. The summed E-state index contributed by atoms with van der Waals surface area (Å²) in [6, 6.07) is 0.668. The highest BCUT2D eigenvalue weighted by atomic mass is 14.9. The molecule has 1 fully saturated rings. The molecule has 1 rings (SSSR count). The molecule has 0 spiro atoms. The Morgan fingerprint density at radius 1 is 1.50 bits per heavy atom. The van der Waals surface area contributed by atoms with Crippen molar-refractivity contribution in [3.8, 4) is 0 Å².